The Morgan fingerprint density at radius 1 is 1.08 bits per heavy atom. The quantitative estimate of drug-likeness (QED) is 0.534. The smallest absolute Gasteiger partial charge is 0.236 e. The first-order valence-electron chi connectivity index (χ1n) is 12.5. The summed E-state index contributed by atoms with van der Waals surface area (Å²) in [6.07, 6.45) is 1.74. The lowest BCUT2D eigenvalue weighted by Gasteiger charge is -2.32. The maximum Gasteiger partial charge on any atom is 0.236 e. The Bertz CT molecular complexity index is 1250. The van der Waals surface area contributed by atoms with Crippen molar-refractivity contribution in [1.29, 1.82) is 0 Å². The first-order valence-corrected chi connectivity index (χ1v) is 12.5. The number of aromatic nitrogens is 1. The summed E-state index contributed by atoms with van der Waals surface area (Å²) in [5, 5.41) is 20.1. The molecule has 2 atom stereocenters. The minimum atomic E-state index is -0.742. The summed E-state index contributed by atoms with van der Waals surface area (Å²) in [7, 11) is 1.81. The van der Waals surface area contributed by atoms with E-state index in [2.05, 4.69) is 45.0 Å². The van der Waals surface area contributed by atoms with Crippen LogP contribution in [0.1, 0.15) is 42.5 Å². The zero-order valence-electron chi connectivity index (χ0n) is 22.1. The van der Waals surface area contributed by atoms with Gasteiger partial charge in [-0.15, -0.1) is 0 Å². The van der Waals surface area contributed by atoms with E-state index in [4.69, 9.17) is 4.98 Å². The second kappa shape index (κ2) is 10.0. The third-order valence-electron chi connectivity index (χ3n) is 7.35. The van der Waals surface area contributed by atoms with Crippen LogP contribution >= 0.6 is 0 Å². The first-order chi connectivity index (χ1) is 17.0. The lowest BCUT2D eigenvalue weighted by Crippen LogP contribution is -2.42. The Kier molecular flexibility index (Phi) is 7.21. The molecule has 2 N–H and O–H groups in total. The molecule has 1 saturated heterocycles. The van der Waals surface area contributed by atoms with Crippen LogP contribution in [0.15, 0.2) is 54.7 Å². The molecule has 0 aliphatic carbocycles. The van der Waals surface area contributed by atoms with Gasteiger partial charge in [-0.25, -0.2) is 4.98 Å². The maximum atomic E-state index is 14.0. The Hall–Kier alpha value is -3.22. The second-order valence-corrected chi connectivity index (χ2v) is 10.6. The minimum absolute atomic E-state index is 0.0262. The van der Waals surface area contributed by atoms with Crippen molar-refractivity contribution in [2.75, 3.05) is 30.0 Å². The molecule has 1 aliphatic rings. The average Bonchev–Trinajstić information content (AvgIpc) is 3.23. The molecule has 4 rings (SSSR count). The Morgan fingerprint density at radius 2 is 1.75 bits per heavy atom. The number of hydrogen-bond acceptors (Lipinski definition) is 5. The van der Waals surface area contributed by atoms with E-state index in [0.29, 0.717) is 18.8 Å². The average molecular weight is 488 g/mol. The topological polar surface area (TPSA) is 76.9 Å². The molecular formula is C30H37N3O3. The van der Waals surface area contributed by atoms with Crippen LogP contribution < -0.4 is 9.80 Å². The highest BCUT2D eigenvalue weighted by Crippen LogP contribution is 2.38. The summed E-state index contributed by atoms with van der Waals surface area (Å²) in [4.78, 5) is 22.3. The number of β-amino-alcohol motifs (C(OH)–C–C–N with tert-alkyl or cyclic N) is 1. The third-order valence-corrected chi connectivity index (χ3v) is 7.35. The van der Waals surface area contributed by atoms with Crippen LogP contribution in [-0.4, -0.2) is 53.4 Å². The molecule has 1 aromatic heterocycles. The van der Waals surface area contributed by atoms with Crippen molar-refractivity contribution in [3.8, 4) is 11.1 Å². The van der Waals surface area contributed by atoms with E-state index < -0.39 is 11.5 Å². The van der Waals surface area contributed by atoms with Crippen molar-refractivity contribution in [2.24, 2.45) is 0 Å². The summed E-state index contributed by atoms with van der Waals surface area (Å²) in [6.45, 7) is 10.4. The van der Waals surface area contributed by atoms with E-state index in [9.17, 15) is 15.0 Å². The van der Waals surface area contributed by atoms with E-state index in [-0.39, 0.29) is 18.6 Å². The Labute approximate surface area is 214 Å². The fourth-order valence-electron chi connectivity index (χ4n) is 5.29. The third kappa shape index (κ3) is 4.88. The van der Waals surface area contributed by atoms with Crippen LogP contribution in [0.2, 0.25) is 0 Å². The predicted molar refractivity (Wildman–Crippen MR) is 146 cm³/mol. The van der Waals surface area contributed by atoms with Crippen molar-refractivity contribution in [3.63, 3.8) is 0 Å². The van der Waals surface area contributed by atoms with Crippen molar-refractivity contribution >= 4 is 17.4 Å². The van der Waals surface area contributed by atoms with Crippen LogP contribution in [0.5, 0.6) is 0 Å². The molecule has 1 aliphatic heterocycles. The number of carbonyl (C=O) groups excluding carboxylic acids is 1. The molecule has 6 heteroatoms. The van der Waals surface area contributed by atoms with Crippen molar-refractivity contribution < 1.29 is 15.0 Å². The maximum absolute atomic E-state index is 14.0. The highest BCUT2D eigenvalue weighted by Gasteiger charge is 2.35. The molecule has 0 saturated carbocycles. The number of aryl methyl sites for hydroxylation is 3. The zero-order valence-corrected chi connectivity index (χ0v) is 22.1. The summed E-state index contributed by atoms with van der Waals surface area (Å²) in [5.41, 5.74) is 6.21. The van der Waals surface area contributed by atoms with Gasteiger partial charge in [0.05, 0.1) is 36.1 Å². The van der Waals surface area contributed by atoms with Gasteiger partial charge >= 0.3 is 0 Å². The molecule has 2 heterocycles. The zero-order chi connectivity index (χ0) is 26.2. The summed E-state index contributed by atoms with van der Waals surface area (Å²) in [6, 6.07) is 16.1. The molecule has 190 valence electrons. The highest BCUT2D eigenvalue weighted by molar-refractivity contribution is 6.03. The van der Waals surface area contributed by atoms with Crippen molar-refractivity contribution in [3.05, 3.63) is 77.0 Å². The number of benzene rings is 2. The molecule has 0 bridgehead atoms. The molecule has 6 nitrogen and oxygen atoms in total. The number of nitrogens with zero attached hydrogens (tertiary/aromatic N) is 3. The van der Waals surface area contributed by atoms with E-state index in [1.54, 1.807) is 18.1 Å². The fourth-order valence-corrected chi connectivity index (χ4v) is 5.29. The van der Waals surface area contributed by atoms with Crippen LogP contribution in [-0.2, 0) is 10.2 Å². The highest BCUT2D eigenvalue weighted by atomic mass is 16.3. The van der Waals surface area contributed by atoms with Crippen LogP contribution in [0, 0.1) is 20.8 Å². The standard InChI is InChI=1S/C30H37N3O3/c1-19-11-20(2)13-22(12-19)30(4,5)29(36)32(6)27-16-31-28(33-17-24(35)14-23(33)18-34)15-26(27)25-10-8-7-9-21(25)3/h7-13,15-16,23-24,34-35H,14,17-18H2,1-6H3. The normalized spacial score (nSPS) is 17.9. The Balaban J connectivity index is 1.79. The number of pyridine rings is 1. The number of hydrogen-bond donors (Lipinski definition) is 2. The van der Waals surface area contributed by atoms with Gasteiger partial charge in [0, 0.05) is 19.2 Å². The van der Waals surface area contributed by atoms with Crippen molar-refractivity contribution in [2.45, 2.75) is 58.6 Å². The SMILES string of the molecule is Cc1cc(C)cc(C(C)(C)C(=O)N(C)c2cnc(N3CC(O)CC3CO)cc2-c2ccccc2C)c1. The summed E-state index contributed by atoms with van der Waals surface area (Å²) >= 11 is 0. The van der Waals surface area contributed by atoms with Crippen LogP contribution in [0.25, 0.3) is 11.1 Å². The lowest BCUT2D eigenvalue weighted by atomic mass is 9.81. The number of likely N-dealkylation sites (N-methyl/N-ethyl adjacent to an activating group) is 1. The van der Waals surface area contributed by atoms with Gasteiger partial charge in [-0.2, -0.15) is 0 Å². The number of amides is 1. The summed E-state index contributed by atoms with van der Waals surface area (Å²) < 4.78 is 0. The van der Waals surface area contributed by atoms with E-state index >= 15 is 0 Å². The van der Waals surface area contributed by atoms with Gasteiger partial charge in [0.2, 0.25) is 5.91 Å². The molecule has 1 amide bonds. The van der Waals surface area contributed by atoms with Gasteiger partial charge in [-0.3, -0.25) is 4.79 Å². The van der Waals surface area contributed by atoms with Crippen molar-refractivity contribution in [1.82, 2.24) is 4.98 Å². The van der Waals surface area contributed by atoms with E-state index in [1.807, 2.05) is 43.0 Å². The fraction of sp³-hybridized carbons (Fsp3) is 0.400. The number of aliphatic hydroxyl groups excluding tert-OH is 2. The molecule has 2 unspecified atom stereocenters. The molecule has 0 spiro atoms. The summed E-state index contributed by atoms with van der Waals surface area (Å²) in [5.74, 6) is 0.656. The Morgan fingerprint density at radius 3 is 2.39 bits per heavy atom. The van der Waals surface area contributed by atoms with Gasteiger partial charge in [0.25, 0.3) is 0 Å². The minimum Gasteiger partial charge on any atom is -0.394 e. The molecule has 0 radical (unpaired) electrons. The molecular weight excluding hydrogens is 450 g/mol. The first kappa shape index (κ1) is 25.9. The molecule has 1 fully saturated rings. The van der Waals surface area contributed by atoms with Gasteiger partial charge < -0.3 is 20.0 Å². The molecule has 36 heavy (non-hydrogen) atoms. The molecule has 2 aromatic carbocycles. The number of aliphatic hydroxyl groups is 2. The number of anilines is 2. The molecule has 3 aromatic rings. The van der Waals surface area contributed by atoms with Gasteiger partial charge in [0.1, 0.15) is 5.82 Å². The van der Waals surface area contributed by atoms with Gasteiger partial charge in [-0.05, 0) is 63.8 Å². The monoisotopic (exact) mass is 487 g/mol. The predicted octanol–water partition coefficient (Wildman–Crippen LogP) is 4.55. The van der Waals surface area contributed by atoms with Crippen LogP contribution in [0.3, 0.4) is 0 Å². The van der Waals surface area contributed by atoms with Gasteiger partial charge in [-0.1, -0.05) is 53.6 Å². The van der Waals surface area contributed by atoms with E-state index in [0.717, 1.165) is 39.1 Å². The number of rotatable bonds is 6. The lowest BCUT2D eigenvalue weighted by molar-refractivity contribution is -0.122. The van der Waals surface area contributed by atoms with E-state index in [1.165, 1.54) is 0 Å². The second-order valence-electron chi connectivity index (χ2n) is 10.6. The largest absolute Gasteiger partial charge is 0.394 e. The van der Waals surface area contributed by atoms with Gasteiger partial charge in [0.15, 0.2) is 0 Å². The van der Waals surface area contributed by atoms with Crippen LogP contribution in [0.4, 0.5) is 11.5 Å². The number of carbonyl (C=O) groups is 1.